The summed E-state index contributed by atoms with van der Waals surface area (Å²) >= 11 is 2.86. The number of amides is 1. The van der Waals surface area contributed by atoms with Gasteiger partial charge in [0, 0.05) is 32.6 Å². The van der Waals surface area contributed by atoms with Crippen LogP contribution in [-0.2, 0) is 4.79 Å². The van der Waals surface area contributed by atoms with Gasteiger partial charge >= 0.3 is 4.45 Å². The number of hydrogen-bond acceptors (Lipinski definition) is 4. The summed E-state index contributed by atoms with van der Waals surface area (Å²) in [5, 5.41) is 23.6. The maximum absolute atomic E-state index is 12.1. The number of hydrogen-bond donors (Lipinski definition) is 2. The number of para-hydroxylation sites is 1. The van der Waals surface area contributed by atoms with Crippen LogP contribution in [0.3, 0.4) is 0 Å². The molecule has 0 spiro atoms. The van der Waals surface area contributed by atoms with Gasteiger partial charge in [-0.2, -0.15) is 0 Å². The Morgan fingerprint density at radius 2 is 2.05 bits per heavy atom. The molecule has 20 heavy (non-hydrogen) atoms. The fraction of sp³-hybridized carbons (Fsp3) is 0.154. The van der Waals surface area contributed by atoms with E-state index in [1.54, 1.807) is 30.3 Å². The van der Waals surface area contributed by atoms with Crippen LogP contribution in [0.25, 0.3) is 0 Å². The lowest BCUT2D eigenvalue weighted by molar-refractivity contribution is -0.531. The Morgan fingerprint density at radius 3 is 2.65 bits per heavy atom. The van der Waals surface area contributed by atoms with E-state index in [2.05, 4.69) is 21.2 Å². The van der Waals surface area contributed by atoms with Crippen molar-refractivity contribution in [2.75, 3.05) is 5.32 Å². The molecule has 0 fully saturated rings. The van der Waals surface area contributed by atoms with Gasteiger partial charge in [-0.1, -0.05) is 30.4 Å². The highest BCUT2D eigenvalue weighted by atomic mass is 79.9. The molecule has 0 radical (unpaired) electrons. The van der Waals surface area contributed by atoms with Gasteiger partial charge in [0.1, 0.15) is 0 Å². The minimum absolute atomic E-state index is 0.0788. The quantitative estimate of drug-likeness (QED) is 0.380. The third-order valence-corrected chi connectivity index (χ3v) is 3.85. The number of alkyl halides is 1. The van der Waals surface area contributed by atoms with Gasteiger partial charge in [-0.25, -0.2) is 0 Å². The number of carbonyl (C=O) groups excluding carboxylic acids is 1. The molecule has 2 atom stereocenters. The van der Waals surface area contributed by atoms with Crippen molar-refractivity contribution in [1.82, 2.24) is 0 Å². The zero-order valence-corrected chi connectivity index (χ0v) is 11.8. The van der Waals surface area contributed by atoms with Crippen LogP contribution in [0.4, 0.5) is 5.69 Å². The standard InChI is InChI=1S/C13H11BrN2O4/c14-13(16(19)20)8-4-7-10(11(13)17)12(18)15-9-5-2-1-3-6-9/h1-8,11,17H,(H,15,18). The number of nitro groups is 1. The van der Waals surface area contributed by atoms with E-state index >= 15 is 0 Å². The summed E-state index contributed by atoms with van der Waals surface area (Å²) in [5.41, 5.74) is 0.464. The summed E-state index contributed by atoms with van der Waals surface area (Å²) in [6.07, 6.45) is 2.33. The fourth-order valence-corrected chi connectivity index (χ4v) is 2.17. The van der Waals surface area contributed by atoms with Gasteiger partial charge in [-0.05, 0) is 12.1 Å². The van der Waals surface area contributed by atoms with Crippen LogP contribution >= 0.6 is 15.9 Å². The van der Waals surface area contributed by atoms with E-state index in [4.69, 9.17) is 0 Å². The van der Waals surface area contributed by atoms with Crippen LogP contribution in [0.15, 0.2) is 54.1 Å². The molecule has 1 aliphatic carbocycles. The van der Waals surface area contributed by atoms with E-state index in [-0.39, 0.29) is 5.57 Å². The van der Waals surface area contributed by atoms with E-state index in [1.165, 1.54) is 18.2 Å². The third-order valence-electron chi connectivity index (χ3n) is 2.86. The summed E-state index contributed by atoms with van der Waals surface area (Å²) in [5.74, 6) is -0.585. The number of anilines is 1. The van der Waals surface area contributed by atoms with Crippen LogP contribution in [0.5, 0.6) is 0 Å². The van der Waals surface area contributed by atoms with Crippen molar-refractivity contribution in [1.29, 1.82) is 0 Å². The van der Waals surface area contributed by atoms with Gasteiger partial charge in [-0.15, -0.1) is 0 Å². The summed E-state index contributed by atoms with van der Waals surface area (Å²) in [4.78, 5) is 22.4. The van der Waals surface area contributed by atoms with Crippen LogP contribution in [0.2, 0.25) is 0 Å². The molecule has 0 bridgehead atoms. The van der Waals surface area contributed by atoms with Gasteiger partial charge in [0.15, 0.2) is 6.10 Å². The van der Waals surface area contributed by atoms with E-state index in [0.29, 0.717) is 5.69 Å². The molecule has 2 unspecified atom stereocenters. The molecule has 2 N–H and O–H groups in total. The van der Waals surface area contributed by atoms with Crippen molar-refractivity contribution < 1.29 is 14.8 Å². The van der Waals surface area contributed by atoms with Crippen LogP contribution < -0.4 is 5.32 Å². The monoisotopic (exact) mass is 338 g/mol. The van der Waals surface area contributed by atoms with Crippen molar-refractivity contribution in [2.24, 2.45) is 0 Å². The molecule has 1 amide bonds. The number of nitrogens with one attached hydrogen (secondary N) is 1. The molecule has 6 nitrogen and oxygen atoms in total. The minimum Gasteiger partial charge on any atom is -0.379 e. The van der Waals surface area contributed by atoms with Gasteiger partial charge in [-0.3, -0.25) is 14.9 Å². The zero-order chi connectivity index (χ0) is 14.8. The van der Waals surface area contributed by atoms with Gasteiger partial charge < -0.3 is 10.4 Å². The smallest absolute Gasteiger partial charge is 0.322 e. The molecule has 0 saturated carbocycles. The number of rotatable bonds is 3. The molecule has 2 rings (SSSR count). The minimum atomic E-state index is -1.88. The molecule has 104 valence electrons. The summed E-state index contributed by atoms with van der Waals surface area (Å²) in [6.45, 7) is 0. The van der Waals surface area contributed by atoms with E-state index in [9.17, 15) is 20.0 Å². The third kappa shape index (κ3) is 2.63. The summed E-state index contributed by atoms with van der Waals surface area (Å²) < 4.78 is -1.88. The largest absolute Gasteiger partial charge is 0.379 e. The molecule has 0 aliphatic heterocycles. The van der Waals surface area contributed by atoms with Crippen molar-refractivity contribution in [3.05, 3.63) is 64.2 Å². The molecule has 1 aromatic rings. The molecule has 1 aliphatic rings. The SMILES string of the molecule is O=C(Nc1ccccc1)C1=CC=CC(Br)([N+](=O)[O-])C1O. The first-order valence-electron chi connectivity index (χ1n) is 5.72. The lowest BCUT2D eigenvalue weighted by atomic mass is 9.96. The number of nitrogens with zero attached hydrogens (tertiary/aromatic N) is 1. The van der Waals surface area contributed by atoms with Crippen LogP contribution in [0, 0.1) is 10.1 Å². The number of aliphatic hydroxyl groups is 1. The molecular formula is C13H11BrN2O4. The first-order valence-corrected chi connectivity index (χ1v) is 6.52. The number of allylic oxidation sites excluding steroid dienone is 2. The highest BCUT2D eigenvalue weighted by molar-refractivity contribution is 9.10. The second-order valence-electron chi connectivity index (χ2n) is 4.19. The van der Waals surface area contributed by atoms with E-state index in [0.717, 1.165) is 0 Å². The van der Waals surface area contributed by atoms with Crippen molar-refractivity contribution >= 4 is 27.5 Å². The Hall–Kier alpha value is -1.99. The predicted octanol–water partition coefficient (Wildman–Crippen LogP) is 1.85. The number of carbonyl (C=O) groups is 1. The zero-order valence-electron chi connectivity index (χ0n) is 10.2. The Balaban J connectivity index is 2.21. The van der Waals surface area contributed by atoms with E-state index < -0.39 is 21.4 Å². The topological polar surface area (TPSA) is 92.5 Å². The predicted molar refractivity (Wildman–Crippen MR) is 77.0 cm³/mol. The lowest BCUT2D eigenvalue weighted by Crippen LogP contribution is -2.46. The van der Waals surface area contributed by atoms with Crippen molar-refractivity contribution in [2.45, 2.75) is 10.6 Å². The molecule has 1 aromatic carbocycles. The lowest BCUT2D eigenvalue weighted by Gasteiger charge is -2.25. The van der Waals surface area contributed by atoms with Gasteiger partial charge in [0.05, 0.1) is 5.57 Å². The summed E-state index contributed by atoms with van der Waals surface area (Å²) in [6, 6.07) is 8.64. The Labute approximate surface area is 123 Å². The number of aliphatic hydroxyl groups excluding tert-OH is 1. The van der Waals surface area contributed by atoms with Crippen molar-refractivity contribution in [3.8, 4) is 0 Å². The molecule has 7 heteroatoms. The number of halogens is 1. The fourth-order valence-electron chi connectivity index (χ4n) is 1.77. The highest BCUT2D eigenvalue weighted by Gasteiger charge is 2.49. The normalized spacial score (nSPS) is 24.9. The first kappa shape index (κ1) is 14.4. The van der Waals surface area contributed by atoms with Gasteiger partial charge in [0.2, 0.25) is 0 Å². The number of benzene rings is 1. The second kappa shape index (κ2) is 5.56. The summed E-state index contributed by atoms with van der Waals surface area (Å²) in [7, 11) is 0. The molecule has 0 heterocycles. The Bertz CT molecular complexity index is 600. The van der Waals surface area contributed by atoms with Gasteiger partial charge in [0.25, 0.3) is 5.91 Å². The van der Waals surface area contributed by atoms with Crippen molar-refractivity contribution in [3.63, 3.8) is 0 Å². The Morgan fingerprint density at radius 1 is 1.40 bits per heavy atom. The average molecular weight is 339 g/mol. The first-order chi connectivity index (χ1) is 9.45. The molecule has 0 aromatic heterocycles. The molecular weight excluding hydrogens is 328 g/mol. The van der Waals surface area contributed by atoms with Crippen LogP contribution in [-0.4, -0.2) is 26.5 Å². The molecule has 0 saturated heterocycles. The van der Waals surface area contributed by atoms with E-state index in [1.807, 2.05) is 0 Å². The maximum atomic E-state index is 12.1. The highest BCUT2D eigenvalue weighted by Crippen LogP contribution is 2.33. The maximum Gasteiger partial charge on any atom is 0.322 e. The van der Waals surface area contributed by atoms with Crippen LogP contribution in [0.1, 0.15) is 0 Å². The Kier molecular flexibility index (Phi) is 4.01. The average Bonchev–Trinajstić information content (AvgIpc) is 2.42. The second-order valence-corrected chi connectivity index (χ2v) is 5.46.